The molecule has 0 aliphatic rings. The highest BCUT2D eigenvalue weighted by Gasteiger charge is 2.00. The summed E-state index contributed by atoms with van der Waals surface area (Å²) in [6.45, 7) is 7.19. The molecule has 1 nitrogen and oxygen atoms in total. The van der Waals surface area contributed by atoms with Gasteiger partial charge in [-0.3, -0.25) is 0 Å². The summed E-state index contributed by atoms with van der Waals surface area (Å²) in [5.74, 6) is 1.58. The summed E-state index contributed by atoms with van der Waals surface area (Å²) in [7, 11) is 0. The third kappa shape index (κ3) is 10.0. The Morgan fingerprint density at radius 2 is 1.36 bits per heavy atom. The number of aliphatic hydroxyl groups excluding tert-OH is 1. The standard InChI is InChI=1S/C13H28O/c1-12(2)8-6-4-5-7-9-13(3)10-11-14/h12-14H,4-11H2,1-3H3. The van der Waals surface area contributed by atoms with Crippen LogP contribution in [-0.2, 0) is 0 Å². The molecule has 0 radical (unpaired) electrons. The lowest BCUT2D eigenvalue weighted by Gasteiger charge is -2.09. The van der Waals surface area contributed by atoms with Crippen molar-refractivity contribution in [3.05, 3.63) is 0 Å². The number of unbranched alkanes of at least 4 members (excludes halogenated alkanes) is 3. The van der Waals surface area contributed by atoms with Gasteiger partial charge in [0, 0.05) is 6.61 Å². The minimum absolute atomic E-state index is 0.356. The van der Waals surface area contributed by atoms with E-state index >= 15 is 0 Å². The lowest BCUT2D eigenvalue weighted by molar-refractivity contribution is 0.256. The molecule has 1 heteroatoms. The Labute approximate surface area is 89.9 Å². The van der Waals surface area contributed by atoms with Crippen LogP contribution in [0.1, 0.15) is 65.7 Å². The zero-order valence-corrected chi connectivity index (χ0v) is 10.3. The molecule has 0 aromatic carbocycles. The first-order valence-electron chi connectivity index (χ1n) is 6.27. The van der Waals surface area contributed by atoms with Crippen LogP contribution in [0.5, 0.6) is 0 Å². The Bertz CT molecular complexity index is 110. The van der Waals surface area contributed by atoms with E-state index in [4.69, 9.17) is 5.11 Å². The molecule has 0 heterocycles. The molecular formula is C13H28O. The van der Waals surface area contributed by atoms with E-state index in [0.717, 1.165) is 12.3 Å². The monoisotopic (exact) mass is 200 g/mol. The number of hydrogen-bond donors (Lipinski definition) is 1. The van der Waals surface area contributed by atoms with E-state index in [1.807, 2.05) is 0 Å². The van der Waals surface area contributed by atoms with Crippen molar-refractivity contribution < 1.29 is 5.11 Å². The maximum Gasteiger partial charge on any atom is 0.0433 e. The maximum absolute atomic E-state index is 8.74. The van der Waals surface area contributed by atoms with Crippen molar-refractivity contribution in [3.8, 4) is 0 Å². The fraction of sp³-hybridized carbons (Fsp3) is 1.00. The molecule has 0 amide bonds. The van der Waals surface area contributed by atoms with Gasteiger partial charge in [-0.2, -0.15) is 0 Å². The zero-order chi connectivity index (χ0) is 10.8. The lowest BCUT2D eigenvalue weighted by Crippen LogP contribution is -1.97. The number of rotatable bonds is 9. The van der Waals surface area contributed by atoms with E-state index in [9.17, 15) is 0 Å². The van der Waals surface area contributed by atoms with Gasteiger partial charge in [-0.15, -0.1) is 0 Å². The van der Waals surface area contributed by atoms with Crippen molar-refractivity contribution in [2.24, 2.45) is 11.8 Å². The van der Waals surface area contributed by atoms with Crippen molar-refractivity contribution in [2.75, 3.05) is 6.61 Å². The van der Waals surface area contributed by atoms with Crippen LogP contribution in [0.4, 0.5) is 0 Å². The molecule has 0 aromatic rings. The molecule has 0 bridgehead atoms. The number of hydrogen-bond acceptors (Lipinski definition) is 1. The molecule has 0 aliphatic heterocycles. The first-order valence-corrected chi connectivity index (χ1v) is 6.27. The Morgan fingerprint density at radius 1 is 0.786 bits per heavy atom. The number of aliphatic hydroxyl groups is 1. The molecule has 0 rings (SSSR count). The quantitative estimate of drug-likeness (QED) is 0.558. The molecule has 1 unspecified atom stereocenters. The predicted molar refractivity (Wildman–Crippen MR) is 63.4 cm³/mol. The maximum atomic E-state index is 8.74. The van der Waals surface area contributed by atoms with Crippen LogP contribution in [0.3, 0.4) is 0 Å². The van der Waals surface area contributed by atoms with Crippen LogP contribution in [-0.4, -0.2) is 11.7 Å². The van der Waals surface area contributed by atoms with Gasteiger partial charge in [0.05, 0.1) is 0 Å². The smallest absolute Gasteiger partial charge is 0.0433 e. The predicted octanol–water partition coefficient (Wildman–Crippen LogP) is 4.00. The van der Waals surface area contributed by atoms with E-state index in [2.05, 4.69) is 20.8 Å². The minimum Gasteiger partial charge on any atom is -0.396 e. The highest BCUT2D eigenvalue weighted by molar-refractivity contribution is 4.54. The molecule has 0 fully saturated rings. The van der Waals surface area contributed by atoms with Crippen molar-refractivity contribution in [1.29, 1.82) is 0 Å². The second-order valence-corrected chi connectivity index (χ2v) is 5.00. The second-order valence-electron chi connectivity index (χ2n) is 5.00. The summed E-state index contributed by atoms with van der Waals surface area (Å²) in [6, 6.07) is 0. The highest BCUT2D eigenvalue weighted by Crippen LogP contribution is 2.15. The molecule has 0 aliphatic carbocycles. The van der Waals surface area contributed by atoms with E-state index in [0.29, 0.717) is 12.5 Å². The Morgan fingerprint density at radius 3 is 1.86 bits per heavy atom. The topological polar surface area (TPSA) is 20.2 Å². The van der Waals surface area contributed by atoms with Gasteiger partial charge in [0.15, 0.2) is 0 Å². The largest absolute Gasteiger partial charge is 0.396 e. The minimum atomic E-state index is 0.356. The van der Waals surface area contributed by atoms with Gasteiger partial charge in [0.1, 0.15) is 0 Å². The van der Waals surface area contributed by atoms with Gasteiger partial charge in [-0.25, -0.2) is 0 Å². The SMILES string of the molecule is CC(C)CCCCCCC(C)CCO. The van der Waals surface area contributed by atoms with Crippen LogP contribution in [0.25, 0.3) is 0 Å². The van der Waals surface area contributed by atoms with Gasteiger partial charge in [0.25, 0.3) is 0 Å². The third-order valence-electron chi connectivity index (χ3n) is 2.85. The molecule has 0 spiro atoms. The lowest BCUT2D eigenvalue weighted by atomic mass is 9.98. The molecular weight excluding hydrogens is 172 g/mol. The average Bonchev–Trinajstić information content (AvgIpc) is 2.11. The average molecular weight is 200 g/mol. The summed E-state index contributed by atoms with van der Waals surface area (Å²) < 4.78 is 0. The van der Waals surface area contributed by atoms with Crippen LogP contribution in [0.15, 0.2) is 0 Å². The van der Waals surface area contributed by atoms with Crippen molar-refractivity contribution in [2.45, 2.75) is 65.7 Å². The van der Waals surface area contributed by atoms with E-state index in [1.54, 1.807) is 0 Å². The van der Waals surface area contributed by atoms with E-state index in [1.165, 1.54) is 38.5 Å². The van der Waals surface area contributed by atoms with Crippen LogP contribution in [0, 0.1) is 11.8 Å². The zero-order valence-electron chi connectivity index (χ0n) is 10.3. The first kappa shape index (κ1) is 14.0. The molecule has 0 saturated carbocycles. The van der Waals surface area contributed by atoms with Gasteiger partial charge in [-0.05, 0) is 18.3 Å². The Balaban J connectivity index is 3.05. The summed E-state index contributed by atoms with van der Waals surface area (Å²) in [6.07, 6.45) is 9.16. The van der Waals surface area contributed by atoms with Crippen LogP contribution in [0.2, 0.25) is 0 Å². The van der Waals surface area contributed by atoms with Crippen molar-refractivity contribution >= 4 is 0 Å². The summed E-state index contributed by atoms with van der Waals surface area (Å²) >= 11 is 0. The van der Waals surface area contributed by atoms with Gasteiger partial charge in [0.2, 0.25) is 0 Å². The van der Waals surface area contributed by atoms with E-state index in [-0.39, 0.29) is 0 Å². The highest BCUT2D eigenvalue weighted by atomic mass is 16.3. The van der Waals surface area contributed by atoms with Crippen LogP contribution < -0.4 is 0 Å². The fourth-order valence-corrected chi connectivity index (χ4v) is 1.76. The van der Waals surface area contributed by atoms with Crippen molar-refractivity contribution in [1.82, 2.24) is 0 Å². The van der Waals surface area contributed by atoms with E-state index < -0.39 is 0 Å². The Kier molecular flexibility index (Phi) is 9.49. The van der Waals surface area contributed by atoms with Gasteiger partial charge >= 0.3 is 0 Å². The fourth-order valence-electron chi connectivity index (χ4n) is 1.76. The Hall–Kier alpha value is -0.0400. The van der Waals surface area contributed by atoms with Gasteiger partial charge < -0.3 is 5.11 Å². The summed E-state index contributed by atoms with van der Waals surface area (Å²) in [5.41, 5.74) is 0. The summed E-state index contributed by atoms with van der Waals surface area (Å²) in [5, 5.41) is 8.74. The molecule has 1 atom stereocenters. The first-order chi connectivity index (χ1) is 6.66. The molecule has 86 valence electrons. The molecule has 0 saturated heterocycles. The summed E-state index contributed by atoms with van der Waals surface area (Å²) in [4.78, 5) is 0. The third-order valence-corrected chi connectivity index (χ3v) is 2.85. The van der Waals surface area contributed by atoms with Gasteiger partial charge in [-0.1, -0.05) is 59.3 Å². The van der Waals surface area contributed by atoms with Crippen LogP contribution >= 0.6 is 0 Å². The van der Waals surface area contributed by atoms with Crippen molar-refractivity contribution in [3.63, 3.8) is 0 Å². The molecule has 14 heavy (non-hydrogen) atoms. The molecule has 0 aromatic heterocycles. The second kappa shape index (κ2) is 9.51. The molecule has 1 N–H and O–H groups in total. The normalized spacial score (nSPS) is 13.5.